The van der Waals surface area contributed by atoms with Crippen molar-refractivity contribution in [3.8, 4) is 0 Å². The van der Waals surface area contributed by atoms with Crippen molar-refractivity contribution in [2.45, 2.75) is 19.4 Å². The first-order chi connectivity index (χ1) is 14.5. The predicted molar refractivity (Wildman–Crippen MR) is 110 cm³/mol. The maximum absolute atomic E-state index is 13.6. The third-order valence-corrected chi connectivity index (χ3v) is 5.50. The molecular formula is C22H19F2N5O. The number of hydrazone groups is 1. The van der Waals surface area contributed by atoms with E-state index in [4.69, 9.17) is 0 Å². The van der Waals surface area contributed by atoms with Gasteiger partial charge in [0.2, 0.25) is 0 Å². The summed E-state index contributed by atoms with van der Waals surface area (Å²) in [6, 6.07) is 8.64. The summed E-state index contributed by atoms with van der Waals surface area (Å²) in [5.74, 6) is -1.33. The van der Waals surface area contributed by atoms with Gasteiger partial charge in [-0.15, -0.1) is 0 Å². The first kappa shape index (κ1) is 18.5. The summed E-state index contributed by atoms with van der Waals surface area (Å²) in [6.07, 6.45) is 4.09. The van der Waals surface area contributed by atoms with E-state index in [1.54, 1.807) is 11.1 Å². The van der Waals surface area contributed by atoms with Crippen LogP contribution in [-0.4, -0.2) is 45.4 Å². The van der Waals surface area contributed by atoms with Crippen LogP contribution in [0.1, 0.15) is 29.3 Å². The van der Waals surface area contributed by atoms with Gasteiger partial charge < -0.3 is 4.90 Å². The molecule has 2 aliphatic heterocycles. The van der Waals surface area contributed by atoms with Crippen LogP contribution in [-0.2, 0) is 0 Å². The highest BCUT2D eigenvalue weighted by molar-refractivity contribution is 5.84. The fourth-order valence-corrected chi connectivity index (χ4v) is 3.96. The monoisotopic (exact) mass is 407 g/mol. The van der Waals surface area contributed by atoms with Crippen molar-refractivity contribution >= 4 is 29.2 Å². The Hall–Kier alpha value is -3.55. The van der Waals surface area contributed by atoms with Crippen molar-refractivity contribution in [1.29, 1.82) is 0 Å². The molecule has 2 amide bonds. The number of nitrogens with zero attached hydrogens (tertiary/aromatic N) is 4. The van der Waals surface area contributed by atoms with E-state index in [1.807, 2.05) is 25.1 Å². The molecule has 1 fully saturated rings. The Kier molecular flexibility index (Phi) is 4.34. The number of H-pyrrole nitrogens is 1. The molecule has 6 nitrogen and oxygen atoms in total. The van der Waals surface area contributed by atoms with Crippen LogP contribution in [0.5, 0.6) is 0 Å². The summed E-state index contributed by atoms with van der Waals surface area (Å²) in [5.41, 5.74) is 4.50. The lowest BCUT2D eigenvalue weighted by Crippen LogP contribution is -2.49. The third kappa shape index (κ3) is 3.24. The Bertz CT molecular complexity index is 1190. The van der Waals surface area contributed by atoms with Crippen LogP contribution < -0.4 is 0 Å². The SMILES string of the molecule is Cc1n[nH]c2cc(C=C3CN(C(=O)N4N=CC[C@H]4c4cc(F)cc(F)c4)C3)ccc12. The number of nitrogens with one attached hydrogen (secondary N) is 1. The van der Waals surface area contributed by atoms with Crippen molar-refractivity contribution in [2.24, 2.45) is 5.10 Å². The summed E-state index contributed by atoms with van der Waals surface area (Å²) in [4.78, 5) is 14.5. The standard InChI is InChI=1S/C22H19F2N5O/c1-13-19-3-2-14(7-20(19)27-26-13)6-15-11-28(12-15)22(30)29-21(4-5-25-29)16-8-17(23)10-18(24)9-16/h2-3,5-10,21H,4,11-12H2,1H3,(H,26,27)/t21-/m0/s1. The smallest absolute Gasteiger partial charge is 0.315 e. The quantitative estimate of drug-likeness (QED) is 0.684. The Labute approximate surface area is 171 Å². The molecule has 0 aliphatic carbocycles. The first-order valence-corrected chi connectivity index (χ1v) is 9.69. The second-order valence-corrected chi connectivity index (χ2v) is 7.65. The van der Waals surface area contributed by atoms with Crippen molar-refractivity contribution in [3.63, 3.8) is 0 Å². The van der Waals surface area contributed by atoms with Crippen LogP contribution in [0.2, 0.25) is 0 Å². The molecule has 1 saturated heterocycles. The lowest BCUT2D eigenvalue weighted by molar-refractivity contribution is 0.136. The number of urea groups is 1. The minimum atomic E-state index is -0.664. The van der Waals surface area contributed by atoms with Gasteiger partial charge >= 0.3 is 6.03 Å². The average molecular weight is 407 g/mol. The van der Waals surface area contributed by atoms with E-state index in [1.165, 1.54) is 17.1 Å². The van der Waals surface area contributed by atoms with Gasteiger partial charge in [0.05, 0.1) is 17.3 Å². The van der Waals surface area contributed by atoms with Gasteiger partial charge in [0.15, 0.2) is 0 Å². The van der Waals surface area contributed by atoms with Crippen molar-refractivity contribution in [2.75, 3.05) is 13.1 Å². The normalized spacial score (nSPS) is 18.2. The summed E-state index contributed by atoms with van der Waals surface area (Å²) in [7, 11) is 0. The molecule has 2 aliphatic rings. The van der Waals surface area contributed by atoms with E-state index >= 15 is 0 Å². The van der Waals surface area contributed by atoms with Gasteiger partial charge in [0.1, 0.15) is 11.6 Å². The molecule has 152 valence electrons. The van der Waals surface area contributed by atoms with Gasteiger partial charge in [-0.2, -0.15) is 10.2 Å². The number of fused-ring (bicyclic) bond motifs is 1. The molecule has 1 atom stereocenters. The lowest BCUT2D eigenvalue weighted by Gasteiger charge is -2.37. The van der Waals surface area contributed by atoms with Gasteiger partial charge in [-0.1, -0.05) is 18.2 Å². The molecule has 0 radical (unpaired) electrons. The largest absolute Gasteiger partial charge is 0.341 e. The number of halogens is 2. The average Bonchev–Trinajstić information content (AvgIpc) is 3.30. The number of rotatable bonds is 2. The van der Waals surface area contributed by atoms with Crippen LogP contribution in [0, 0.1) is 18.6 Å². The van der Waals surface area contributed by atoms with E-state index in [0.29, 0.717) is 25.1 Å². The molecule has 0 saturated carbocycles. The Morgan fingerprint density at radius 1 is 1.17 bits per heavy atom. The molecule has 3 heterocycles. The van der Waals surface area contributed by atoms with E-state index in [9.17, 15) is 13.6 Å². The Morgan fingerprint density at radius 3 is 2.70 bits per heavy atom. The summed E-state index contributed by atoms with van der Waals surface area (Å²) >= 11 is 0. The number of benzene rings is 2. The number of hydrogen-bond acceptors (Lipinski definition) is 3. The first-order valence-electron chi connectivity index (χ1n) is 9.69. The zero-order chi connectivity index (χ0) is 20.8. The number of aromatic amines is 1. The summed E-state index contributed by atoms with van der Waals surface area (Å²) in [6.45, 7) is 2.95. The number of aromatic nitrogens is 2. The fourth-order valence-electron chi connectivity index (χ4n) is 3.96. The molecule has 1 N–H and O–H groups in total. The predicted octanol–water partition coefficient (Wildman–Crippen LogP) is 4.40. The molecule has 0 bridgehead atoms. The number of carbonyl (C=O) groups excluding carboxylic acids is 1. The van der Waals surface area contributed by atoms with Crippen LogP contribution in [0.3, 0.4) is 0 Å². The molecular weight excluding hydrogens is 388 g/mol. The van der Waals surface area contributed by atoms with Crippen LogP contribution >= 0.6 is 0 Å². The Balaban J connectivity index is 1.28. The topological polar surface area (TPSA) is 64.6 Å². The molecule has 5 rings (SSSR count). The minimum Gasteiger partial charge on any atom is -0.315 e. The second-order valence-electron chi connectivity index (χ2n) is 7.65. The molecule has 30 heavy (non-hydrogen) atoms. The van der Waals surface area contributed by atoms with E-state index in [2.05, 4.69) is 21.4 Å². The molecule has 1 aromatic heterocycles. The molecule has 8 heteroatoms. The Morgan fingerprint density at radius 2 is 1.93 bits per heavy atom. The zero-order valence-electron chi connectivity index (χ0n) is 16.3. The highest BCUT2D eigenvalue weighted by atomic mass is 19.1. The van der Waals surface area contributed by atoms with Gasteiger partial charge in [-0.3, -0.25) is 5.10 Å². The van der Waals surface area contributed by atoms with E-state index in [-0.39, 0.29) is 6.03 Å². The van der Waals surface area contributed by atoms with Crippen LogP contribution in [0.15, 0.2) is 47.1 Å². The molecule has 2 aromatic carbocycles. The number of likely N-dealkylation sites (tertiary alicyclic amines) is 1. The van der Waals surface area contributed by atoms with E-state index < -0.39 is 17.7 Å². The number of aryl methyl sites for hydroxylation is 1. The van der Waals surface area contributed by atoms with Gasteiger partial charge in [-0.05, 0) is 41.8 Å². The minimum absolute atomic E-state index is 0.268. The van der Waals surface area contributed by atoms with E-state index in [0.717, 1.165) is 33.8 Å². The van der Waals surface area contributed by atoms with Crippen molar-refractivity contribution in [3.05, 3.63) is 70.4 Å². The third-order valence-electron chi connectivity index (χ3n) is 5.50. The van der Waals surface area contributed by atoms with Crippen LogP contribution in [0.25, 0.3) is 17.0 Å². The molecule has 0 spiro atoms. The summed E-state index contributed by atoms with van der Waals surface area (Å²) in [5, 5.41) is 13.8. The maximum atomic E-state index is 13.6. The van der Waals surface area contributed by atoms with Crippen molar-refractivity contribution < 1.29 is 13.6 Å². The number of hydrogen-bond donors (Lipinski definition) is 1. The lowest BCUT2D eigenvalue weighted by atomic mass is 10.0. The van der Waals surface area contributed by atoms with Crippen LogP contribution in [0.4, 0.5) is 13.6 Å². The zero-order valence-corrected chi connectivity index (χ0v) is 16.3. The fraction of sp³-hybridized carbons (Fsp3) is 0.227. The van der Waals surface area contributed by atoms with Gasteiger partial charge in [-0.25, -0.2) is 18.6 Å². The molecule has 3 aromatic rings. The maximum Gasteiger partial charge on any atom is 0.341 e. The number of amides is 2. The number of carbonyl (C=O) groups is 1. The summed E-state index contributed by atoms with van der Waals surface area (Å²) < 4.78 is 27.2. The highest BCUT2D eigenvalue weighted by Gasteiger charge is 2.35. The van der Waals surface area contributed by atoms with Crippen molar-refractivity contribution in [1.82, 2.24) is 20.1 Å². The van der Waals surface area contributed by atoms with Gasteiger partial charge in [0.25, 0.3) is 0 Å². The second kappa shape index (κ2) is 7.05. The van der Waals surface area contributed by atoms with Gasteiger partial charge in [0, 0.05) is 37.2 Å². The highest BCUT2D eigenvalue weighted by Crippen LogP contribution is 2.32. The molecule has 0 unspecified atom stereocenters.